The number of hydrogen-bond donors (Lipinski definition) is 1. The summed E-state index contributed by atoms with van der Waals surface area (Å²) >= 11 is 1.44. The van der Waals surface area contributed by atoms with E-state index in [4.69, 9.17) is 4.74 Å². The first-order chi connectivity index (χ1) is 11.0. The molecular weight excluding hydrogens is 335 g/mol. The number of phenols is 1. The largest absolute Gasteiger partial charge is 0.507 e. The number of aromatic hydroxyl groups is 1. The van der Waals surface area contributed by atoms with E-state index in [0.29, 0.717) is 31.6 Å². The van der Waals surface area contributed by atoms with E-state index >= 15 is 0 Å². The van der Waals surface area contributed by atoms with Crippen LogP contribution < -0.4 is 4.74 Å². The number of benzene rings is 1. The van der Waals surface area contributed by atoms with Crippen LogP contribution in [-0.4, -0.2) is 36.6 Å². The van der Waals surface area contributed by atoms with Crippen molar-refractivity contribution in [2.75, 3.05) is 20.0 Å². The number of ether oxygens (including phenoxy) is 2. The molecule has 0 saturated heterocycles. The highest BCUT2D eigenvalue weighted by atomic mass is 32.2. The van der Waals surface area contributed by atoms with Crippen molar-refractivity contribution in [1.29, 1.82) is 0 Å². The molecule has 130 valence electrons. The van der Waals surface area contributed by atoms with Gasteiger partial charge in [0.05, 0.1) is 24.2 Å². The zero-order valence-corrected chi connectivity index (χ0v) is 16.0. The summed E-state index contributed by atoms with van der Waals surface area (Å²) < 4.78 is 10.2. The molecule has 0 fully saturated rings. The first-order valence-electron chi connectivity index (χ1n) is 7.40. The minimum absolute atomic E-state index is 0.0997. The lowest BCUT2D eigenvalue weighted by Gasteiger charge is -2.12. The molecule has 0 heterocycles. The second kappa shape index (κ2) is 12.2. The normalized spacial score (nSPS) is 9.61. The van der Waals surface area contributed by atoms with Gasteiger partial charge in [0.2, 0.25) is 0 Å². The highest BCUT2D eigenvalue weighted by molar-refractivity contribution is 7.98. The third kappa shape index (κ3) is 7.71. The van der Waals surface area contributed by atoms with Crippen molar-refractivity contribution < 1.29 is 24.2 Å². The maximum Gasteiger partial charge on any atom is 0.305 e. The fourth-order valence-electron chi connectivity index (χ4n) is 1.67. The topological polar surface area (TPSA) is 72.8 Å². The molecule has 1 aromatic carbocycles. The summed E-state index contributed by atoms with van der Waals surface area (Å²) in [6.45, 7) is 4.43. The number of carbonyl (C=O) groups is 2. The molecule has 0 bridgehead atoms. The Morgan fingerprint density at radius 2 is 1.91 bits per heavy atom. The zero-order valence-electron chi connectivity index (χ0n) is 14.0. The molecular formula is C16H25O5PS. The van der Waals surface area contributed by atoms with E-state index in [2.05, 4.69) is 4.74 Å². The highest BCUT2D eigenvalue weighted by Gasteiger charge is 2.13. The lowest BCUT2D eigenvalue weighted by molar-refractivity contribution is -0.140. The molecule has 0 aromatic heterocycles. The van der Waals surface area contributed by atoms with Crippen molar-refractivity contribution in [2.45, 2.75) is 38.0 Å². The smallest absolute Gasteiger partial charge is 0.305 e. The van der Waals surface area contributed by atoms with Gasteiger partial charge in [-0.15, -0.1) is 11.8 Å². The molecule has 0 amide bonds. The average molecular weight is 360 g/mol. The minimum Gasteiger partial charge on any atom is -0.507 e. The third-order valence-electron chi connectivity index (χ3n) is 2.81. The van der Waals surface area contributed by atoms with Crippen molar-refractivity contribution >= 4 is 32.5 Å². The SMILES string of the molecule is CC.COC(=O)CCCCOc1cc(O)c(C(=O)P)cc1SC. The fourth-order valence-corrected chi connectivity index (χ4v) is 2.46. The van der Waals surface area contributed by atoms with Gasteiger partial charge in [-0.05, 0) is 25.2 Å². The number of thioether (sulfide) groups is 1. The Labute approximate surface area is 144 Å². The van der Waals surface area contributed by atoms with Crippen LogP contribution in [0.5, 0.6) is 11.5 Å². The van der Waals surface area contributed by atoms with E-state index in [0.717, 1.165) is 4.90 Å². The summed E-state index contributed by atoms with van der Waals surface area (Å²) in [4.78, 5) is 23.1. The van der Waals surface area contributed by atoms with E-state index in [-0.39, 0.29) is 22.8 Å². The van der Waals surface area contributed by atoms with E-state index in [1.54, 1.807) is 6.07 Å². The van der Waals surface area contributed by atoms with E-state index in [9.17, 15) is 14.7 Å². The fraction of sp³-hybridized carbons (Fsp3) is 0.500. The number of methoxy groups -OCH3 is 1. The number of hydrogen-bond acceptors (Lipinski definition) is 6. The molecule has 23 heavy (non-hydrogen) atoms. The van der Waals surface area contributed by atoms with Crippen molar-refractivity contribution in [3.8, 4) is 11.5 Å². The van der Waals surface area contributed by atoms with Crippen LogP contribution in [0.3, 0.4) is 0 Å². The van der Waals surface area contributed by atoms with Gasteiger partial charge in [0.25, 0.3) is 0 Å². The summed E-state index contributed by atoms with van der Waals surface area (Å²) in [6.07, 6.45) is 3.61. The third-order valence-corrected chi connectivity index (χ3v) is 3.88. The summed E-state index contributed by atoms with van der Waals surface area (Å²) in [5, 5.41) is 9.80. The molecule has 7 heteroatoms. The lowest BCUT2D eigenvalue weighted by Crippen LogP contribution is -2.03. The number of unbranched alkanes of at least 4 members (excludes halogenated alkanes) is 1. The molecule has 0 spiro atoms. The molecule has 0 aliphatic rings. The maximum absolute atomic E-state index is 11.3. The van der Waals surface area contributed by atoms with Crippen LogP contribution in [-0.2, 0) is 9.53 Å². The van der Waals surface area contributed by atoms with Gasteiger partial charge in [0, 0.05) is 12.5 Å². The quantitative estimate of drug-likeness (QED) is 0.328. The van der Waals surface area contributed by atoms with Crippen LogP contribution in [0, 0.1) is 0 Å². The van der Waals surface area contributed by atoms with Gasteiger partial charge in [-0.25, -0.2) is 0 Å². The van der Waals surface area contributed by atoms with Crippen LogP contribution in [0.15, 0.2) is 17.0 Å². The molecule has 1 unspecified atom stereocenters. The second-order valence-corrected chi connectivity index (χ2v) is 5.64. The molecule has 1 atom stereocenters. The Kier molecular flexibility index (Phi) is 11.5. The number of rotatable bonds is 8. The number of carbonyl (C=O) groups excluding carboxylic acids is 2. The maximum atomic E-state index is 11.3. The lowest BCUT2D eigenvalue weighted by atomic mass is 10.2. The molecule has 5 nitrogen and oxygen atoms in total. The van der Waals surface area contributed by atoms with Crippen LogP contribution >= 0.6 is 21.0 Å². The van der Waals surface area contributed by atoms with Gasteiger partial charge in [0.1, 0.15) is 11.5 Å². The van der Waals surface area contributed by atoms with Crippen molar-refractivity contribution in [2.24, 2.45) is 0 Å². The van der Waals surface area contributed by atoms with Crippen LogP contribution in [0.25, 0.3) is 0 Å². The van der Waals surface area contributed by atoms with Crippen LogP contribution in [0.4, 0.5) is 0 Å². The summed E-state index contributed by atoms with van der Waals surface area (Å²) in [7, 11) is 3.40. The molecule has 1 N–H and O–H groups in total. The second-order valence-electron chi connectivity index (χ2n) is 4.27. The number of phenolic OH excluding ortho intramolecular Hbond substituents is 1. The molecule has 0 radical (unpaired) electrons. The zero-order chi connectivity index (χ0) is 17.8. The Bertz CT molecular complexity index is 519. The summed E-state index contributed by atoms with van der Waals surface area (Å²) in [6, 6.07) is 3.06. The van der Waals surface area contributed by atoms with Gasteiger partial charge in [0.15, 0.2) is 5.52 Å². The predicted molar refractivity (Wildman–Crippen MR) is 96.6 cm³/mol. The van der Waals surface area contributed by atoms with Crippen molar-refractivity contribution in [3.63, 3.8) is 0 Å². The van der Waals surface area contributed by atoms with Gasteiger partial charge >= 0.3 is 5.97 Å². The Morgan fingerprint density at radius 1 is 1.26 bits per heavy atom. The molecule has 0 aliphatic heterocycles. The van der Waals surface area contributed by atoms with E-state index in [1.807, 2.05) is 29.3 Å². The van der Waals surface area contributed by atoms with E-state index < -0.39 is 0 Å². The van der Waals surface area contributed by atoms with Gasteiger partial charge in [-0.1, -0.05) is 23.1 Å². The molecule has 1 rings (SSSR count). The van der Waals surface area contributed by atoms with Crippen molar-refractivity contribution in [1.82, 2.24) is 0 Å². The van der Waals surface area contributed by atoms with Gasteiger partial charge in [-0.2, -0.15) is 0 Å². The monoisotopic (exact) mass is 360 g/mol. The molecule has 0 aliphatic carbocycles. The summed E-state index contributed by atoms with van der Waals surface area (Å²) in [5.74, 6) is 0.200. The first-order valence-corrected chi connectivity index (χ1v) is 9.20. The van der Waals surface area contributed by atoms with E-state index in [1.165, 1.54) is 24.9 Å². The first kappa shape index (κ1) is 21.7. The van der Waals surface area contributed by atoms with Gasteiger partial charge in [-0.3, -0.25) is 9.59 Å². The van der Waals surface area contributed by atoms with Crippen LogP contribution in [0.2, 0.25) is 0 Å². The molecule has 0 saturated carbocycles. The summed E-state index contributed by atoms with van der Waals surface area (Å²) in [5.41, 5.74) is -0.0187. The number of esters is 1. The van der Waals surface area contributed by atoms with Crippen molar-refractivity contribution in [3.05, 3.63) is 17.7 Å². The minimum atomic E-state index is -0.271. The Hall–Kier alpha value is -1.26. The standard InChI is InChI=1S/C14H19O5PS.C2H6/c1-18-13(16)5-3-4-6-19-11-8-10(15)9(14(17)20)7-12(11)21-2;1-2/h7-8,15H,3-6,20H2,1-2H3;1-2H3. The highest BCUT2D eigenvalue weighted by Crippen LogP contribution is 2.35. The van der Waals surface area contributed by atoms with Crippen LogP contribution in [0.1, 0.15) is 43.5 Å². The van der Waals surface area contributed by atoms with Gasteiger partial charge < -0.3 is 14.6 Å². The Morgan fingerprint density at radius 3 is 2.43 bits per heavy atom. The Balaban J connectivity index is 0.00000232. The molecule has 1 aromatic rings. The predicted octanol–water partition coefficient (Wildman–Crippen LogP) is 3.88. The average Bonchev–Trinajstić information content (AvgIpc) is 2.55.